The van der Waals surface area contributed by atoms with Crippen LogP contribution in [0, 0.1) is 0 Å². The number of aromatic amines is 1. The van der Waals surface area contributed by atoms with E-state index in [4.69, 9.17) is 5.73 Å². The lowest BCUT2D eigenvalue weighted by Gasteiger charge is -2.41. The topological polar surface area (TPSA) is 67.6 Å². The molecule has 0 amide bonds. The molecule has 0 saturated heterocycles. The van der Waals surface area contributed by atoms with Crippen molar-refractivity contribution in [2.75, 3.05) is 6.54 Å². The van der Waals surface area contributed by atoms with Crippen LogP contribution in [0.2, 0.25) is 0 Å². The zero-order valence-corrected chi connectivity index (χ0v) is 13.5. The number of hydrogen-bond donors (Lipinski definition) is 2. The third-order valence-electron chi connectivity index (χ3n) is 5.37. The fourth-order valence-electron chi connectivity index (χ4n) is 3.74. The highest BCUT2D eigenvalue weighted by Crippen LogP contribution is 2.44. The van der Waals surface area contributed by atoms with Crippen molar-refractivity contribution in [1.82, 2.24) is 15.2 Å². The van der Waals surface area contributed by atoms with Gasteiger partial charge in [0.25, 0.3) is 0 Å². The largest absolute Gasteiger partial charge is 0.330 e. The van der Waals surface area contributed by atoms with Crippen molar-refractivity contribution >= 4 is 11.0 Å². The molecule has 0 bridgehead atoms. The van der Waals surface area contributed by atoms with Gasteiger partial charge in [-0.25, -0.2) is 4.98 Å². The maximum absolute atomic E-state index is 6.08. The van der Waals surface area contributed by atoms with Crippen LogP contribution in [0.25, 0.3) is 22.2 Å². The number of nitrogens with zero attached hydrogens (tertiary/aromatic N) is 2. The summed E-state index contributed by atoms with van der Waals surface area (Å²) in [6.07, 6.45) is 6.44. The second-order valence-electron chi connectivity index (χ2n) is 6.53. The number of benzene rings is 1. The van der Waals surface area contributed by atoms with Crippen molar-refractivity contribution in [2.45, 2.75) is 38.0 Å². The van der Waals surface area contributed by atoms with E-state index in [1.54, 1.807) is 0 Å². The molecule has 0 aliphatic heterocycles. The highest BCUT2D eigenvalue weighted by molar-refractivity contribution is 5.94. The molecule has 1 saturated carbocycles. The maximum Gasteiger partial charge on any atom is 0.181 e. The first-order valence-corrected chi connectivity index (χ1v) is 8.40. The molecule has 4 rings (SSSR count). The Morgan fingerprint density at radius 1 is 1.26 bits per heavy atom. The minimum atomic E-state index is 0.187. The summed E-state index contributed by atoms with van der Waals surface area (Å²) in [5.41, 5.74) is 12.0. The Morgan fingerprint density at radius 2 is 2.13 bits per heavy atom. The molecule has 0 atom stereocenters. The molecule has 0 radical (unpaired) electrons. The van der Waals surface area contributed by atoms with Gasteiger partial charge in [-0.15, -0.1) is 0 Å². The van der Waals surface area contributed by atoms with Crippen LogP contribution >= 0.6 is 0 Å². The van der Waals surface area contributed by atoms with E-state index in [9.17, 15) is 0 Å². The van der Waals surface area contributed by atoms with E-state index in [1.165, 1.54) is 36.0 Å². The molecule has 3 N–H and O–H groups in total. The molecule has 3 aromatic rings. The van der Waals surface area contributed by atoms with Crippen LogP contribution in [0.1, 0.15) is 37.4 Å². The number of aryl methyl sites for hydroxylation is 1. The van der Waals surface area contributed by atoms with Crippen molar-refractivity contribution in [1.29, 1.82) is 0 Å². The van der Waals surface area contributed by atoms with Crippen molar-refractivity contribution in [3.05, 3.63) is 47.8 Å². The van der Waals surface area contributed by atoms with Crippen molar-refractivity contribution in [2.24, 2.45) is 5.73 Å². The van der Waals surface area contributed by atoms with E-state index in [0.717, 1.165) is 29.7 Å². The van der Waals surface area contributed by atoms with Crippen LogP contribution in [0.3, 0.4) is 0 Å². The summed E-state index contributed by atoms with van der Waals surface area (Å²) in [7, 11) is 0. The Kier molecular flexibility index (Phi) is 3.42. The van der Waals surface area contributed by atoms with Gasteiger partial charge >= 0.3 is 0 Å². The molecule has 0 unspecified atom stereocenters. The molecule has 0 spiro atoms. The quantitative estimate of drug-likeness (QED) is 0.774. The standard InChI is InChI=1S/C19H22N4/c1-2-16-17-15(7-10-21-18(17)23-22-16)13-5-3-6-14(11-13)19(12-20)8-4-9-19/h3,5-7,10-11H,2,4,8-9,12,20H2,1H3,(H,21,22,23). The van der Waals surface area contributed by atoms with Crippen molar-refractivity contribution < 1.29 is 0 Å². The number of nitrogens with two attached hydrogens (primary N) is 1. The summed E-state index contributed by atoms with van der Waals surface area (Å²) in [6.45, 7) is 2.87. The van der Waals surface area contributed by atoms with Crippen molar-refractivity contribution in [3.8, 4) is 11.1 Å². The molecule has 1 aromatic carbocycles. The number of pyridine rings is 1. The average Bonchev–Trinajstić information content (AvgIpc) is 2.98. The highest BCUT2D eigenvalue weighted by atomic mass is 15.1. The lowest BCUT2D eigenvalue weighted by Crippen LogP contribution is -2.41. The van der Waals surface area contributed by atoms with Gasteiger partial charge in [-0.2, -0.15) is 5.10 Å². The predicted molar refractivity (Wildman–Crippen MR) is 93.3 cm³/mol. The lowest BCUT2D eigenvalue weighted by atomic mass is 9.64. The van der Waals surface area contributed by atoms with Gasteiger partial charge in [-0.05, 0) is 42.0 Å². The molecule has 2 heterocycles. The number of H-pyrrole nitrogens is 1. The molecular weight excluding hydrogens is 284 g/mol. The molecule has 4 nitrogen and oxygen atoms in total. The van der Waals surface area contributed by atoms with Gasteiger partial charge in [-0.3, -0.25) is 5.10 Å². The van der Waals surface area contributed by atoms with Gasteiger partial charge < -0.3 is 5.73 Å². The zero-order valence-electron chi connectivity index (χ0n) is 13.5. The summed E-state index contributed by atoms with van der Waals surface area (Å²) >= 11 is 0. The van der Waals surface area contributed by atoms with Gasteiger partial charge in [0.05, 0.1) is 0 Å². The summed E-state index contributed by atoms with van der Waals surface area (Å²) in [6, 6.07) is 11.0. The monoisotopic (exact) mass is 306 g/mol. The minimum absolute atomic E-state index is 0.187. The molecular formula is C19H22N4. The van der Waals surface area contributed by atoms with E-state index >= 15 is 0 Å². The summed E-state index contributed by atoms with van der Waals surface area (Å²) < 4.78 is 0. The second kappa shape index (κ2) is 5.46. The first kappa shape index (κ1) is 14.4. The fraction of sp³-hybridized carbons (Fsp3) is 0.368. The third kappa shape index (κ3) is 2.17. The van der Waals surface area contributed by atoms with E-state index in [1.807, 2.05) is 6.20 Å². The summed E-state index contributed by atoms with van der Waals surface area (Å²) in [5.74, 6) is 0. The molecule has 1 fully saturated rings. The zero-order chi connectivity index (χ0) is 15.9. The second-order valence-corrected chi connectivity index (χ2v) is 6.53. The number of rotatable bonds is 4. The highest BCUT2D eigenvalue weighted by Gasteiger charge is 2.37. The Morgan fingerprint density at radius 3 is 2.83 bits per heavy atom. The van der Waals surface area contributed by atoms with Gasteiger partial charge in [0.2, 0.25) is 0 Å². The van der Waals surface area contributed by atoms with Crippen LogP contribution in [0.15, 0.2) is 36.5 Å². The third-order valence-corrected chi connectivity index (χ3v) is 5.37. The van der Waals surface area contributed by atoms with E-state index in [0.29, 0.717) is 0 Å². The predicted octanol–water partition coefficient (Wildman–Crippen LogP) is 3.57. The Labute approximate surface area is 136 Å². The van der Waals surface area contributed by atoms with Crippen molar-refractivity contribution in [3.63, 3.8) is 0 Å². The van der Waals surface area contributed by atoms with Crippen LogP contribution < -0.4 is 5.73 Å². The Balaban J connectivity index is 1.87. The first-order chi connectivity index (χ1) is 11.3. The first-order valence-electron chi connectivity index (χ1n) is 8.40. The SMILES string of the molecule is CCc1[nH]nc2nccc(-c3cccc(C4(CN)CCC4)c3)c12. The number of nitrogens with one attached hydrogen (secondary N) is 1. The maximum atomic E-state index is 6.08. The Hall–Kier alpha value is -2.20. The smallest absolute Gasteiger partial charge is 0.181 e. The van der Waals surface area contributed by atoms with Gasteiger partial charge in [0.1, 0.15) is 0 Å². The molecule has 118 valence electrons. The minimum Gasteiger partial charge on any atom is -0.330 e. The summed E-state index contributed by atoms with van der Waals surface area (Å²) in [5, 5.41) is 8.59. The van der Waals surface area contributed by atoms with Crippen LogP contribution in [0.5, 0.6) is 0 Å². The number of hydrogen-bond acceptors (Lipinski definition) is 3. The van der Waals surface area contributed by atoms with Crippen LogP contribution in [0.4, 0.5) is 0 Å². The molecule has 1 aliphatic carbocycles. The average molecular weight is 306 g/mol. The number of fused-ring (bicyclic) bond motifs is 1. The van der Waals surface area contributed by atoms with Crippen LogP contribution in [-0.2, 0) is 11.8 Å². The van der Waals surface area contributed by atoms with Crippen LogP contribution in [-0.4, -0.2) is 21.7 Å². The normalized spacial score (nSPS) is 16.4. The molecule has 4 heteroatoms. The van der Waals surface area contributed by atoms with E-state index in [2.05, 4.69) is 52.4 Å². The lowest BCUT2D eigenvalue weighted by molar-refractivity contribution is 0.253. The van der Waals surface area contributed by atoms with Gasteiger partial charge in [0, 0.05) is 29.2 Å². The van der Waals surface area contributed by atoms with Gasteiger partial charge in [-0.1, -0.05) is 37.6 Å². The Bertz CT molecular complexity index is 840. The van der Waals surface area contributed by atoms with Gasteiger partial charge in [0.15, 0.2) is 5.65 Å². The molecule has 1 aliphatic rings. The fourth-order valence-corrected chi connectivity index (χ4v) is 3.74. The molecule has 23 heavy (non-hydrogen) atoms. The number of aromatic nitrogens is 3. The van der Waals surface area contributed by atoms with E-state index in [-0.39, 0.29) is 5.41 Å². The summed E-state index contributed by atoms with van der Waals surface area (Å²) in [4.78, 5) is 4.39. The molecule has 2 aromatic heterocycles. The van der Waals surface area contributed by atoms with E-state index < -0.39 is 0 Å².